The van der Waals surface area contributed by atoms with Crippen molar-refractivity contribution in [2.24, 2.45) is 0 Å². The van der Waals surface area contributed by atoms with Crippen LogP contribution in [0.5, 0.6) is 5.75 Å². The van der Waals surface area contributed by atoms with E-state index in [1.807, 2.05) is 0 Å². The summed E-state index contributed by atoms with van der Waals surface area (Å²) in [7, 11) is 0. The summed E-state index contributed by atoms with van der Waals surface area (Å²) in [6.07, 6.45) is 4.26. The van der Waals surface area contributed by atoms with Gasteiger partial charge in [0, 0.05) is 5.56 Å². The molecule has 0 aliphatic heterocycles. The number of nitrogens with zero attached hydrogens (tertiary/aromatic N) is 3. The highest BCUT2D eigenvalue weighted by atomic mass is 35.5. The van der Waals surface area contributed by atoms with Crippen LogP contribution >= 0.6 is 11.6 Å². The topological polar surface area (TPSA) is 98.1 Å². The number of hydrogen-bond acceptors (Lipinski definition) is 6. The molecule has 3 rings (SSSR count). The van der Waals surface area contributed by atoms with Crippen LogP contribution in [0.4, 0.5) is 5.82 Å². The van der Waals surface area contributed by atoms with E-state index in [2.05, 4.69) is 15.0 Å². The van der Waals surface area contributed by atoms with Gasteiger partial charge in [-0.25, -0.2) is 15.0 Å². The van der Waals surface area contributed by atoms with E-state index in [0.29, 0.717) is 22.7 Å². The lowest BCUT2D eigenvalue weighted by Gasteiger charge is -2.07. The molecular weight excluding hydrogens is 280 g/mol. The van der Waals surface area contributed by atoms with Crippen molar-refractivity contribution in [3.05, 3.63) is 42.0 Å². The van der Waals surface area contributed by atoms with Crippen LogP contribution in [-0.2, 0) is 0 Å². The first-order valence-electron chi connectivity index (χ1n) is 5.65. The van der Waals surface area contributed by atoms with E-state index in [0.717, 1.165) is 0 Å². The summed E-state index contributed by atoms with van der Waals surface area (Å²) >= 11 is 5.91. The maximum atomic E-state index is 9.47. The van der Waals surface area contributed by atoms with Gasteiger partial charge in [-0.05, 0) is 18.2 Å². The van der Waals surface area contributed by atoms with Gasteiger partial charge < -0.3 is 15.3 Å². The Labute approximate surface area is 118 Å². The van der Waals surface area contributed by atoms with Crippen LogP contribution in [0, 0.1) is 0 Å². The molecule has 0 atom stereocenters. The minimum absolute atomic E-state index is 0.0000335. The molecule has 0 fully saturated rings. The first kappa shape index (κ1) is 12.4. The number of hydrogen-bond donors (Lipinski definition) is 2. The second-order valence-electron chi connectivity index (χ2n) is 4.02. The predicted octanol–water partition coefficient (Wildman–Crippen LogP) is 2.74. The molecule has 0 amide bonds. The smallest absolute Gasteiger partial charge is 0.181 e. The number of oxazole rings is 1. The van der Waals surface area contributed by atoms with Crippen molar-refractivity contribution >= 4 is 17.4 Å². The van der Waals surface area contributed by atoms with Crippen LogP contribution in [0.2, 0.25) is 5.02 Å². The lowest BCUT2D eigenvalue weighted by Crippen LogP contribution is -1.97. The summed E-state index contributed by atoms with van der Waals surface area (Å²) in [6, 6.07) is 4.76. The van der Waals surface area contributed by atoms with Crippen molar-refractivity contribution in [3.63, 3.8) is 0 Å². The summed E-state index contributed by atoms with van der Waals surface area (Å²) in [4.78, 5) is 12.3. The highest BCUT2D eigenvalue weighted by Gasteiger charge is 2.15. The third kappa shape index (κ3) is 2.17. The van der Waals surface area contributed by atoms with Gasteiger partial charge in [0.1, 0.15) is 23.0 Å². The summed E-state index contributed by atoms with van der Waals surface area (Å²) in [5, 5.41) is 9.70. The fourth-order valence-corrected chi connectivity index (χ4v) is 1.95. The average Bonchev–Trinajstić information content (AvgIpc) is 2.96. The molecule has 3 aromatic rings. The average molecular weight is 289 g/mol. The number of rotatable bonds is 2. The van der Waals surface area contributed by atoms with Crippen molar-refractivity contribution in [1.82, 2.24) is 15.0 Å². The van der Waals surface area contributed by atoms with Gasteiger partial charge in [0.15, 0.2) is 12.2 Å². The molecule has 0 unspecified atom stereocenters. The van der Waals surface area contributed by atoms with Gasteiger partial charge in [-0.15, -0.1) is 0 Å². The van der Waals surface area contributed by atoms with Crippen LogP contribution in [0.25, 0.3) is 22.7 Å². The van der Waals surface area contributed by atoms with Crippen molar-refractivity contribution in [1.29, 1.82) is 0 Å². The maximum Gasteiger partial charge on any atom is 0.181 e. The zero-order valence-corrected chi connectivity index (χ0v) is 10.9. The van der Waals surface area contributed by atoms with Gasteiger partial charge in [0.2, 0.25) is 0 Å². The van der Waals surface area contributed by atoms with Crippen molar-refractivity contribution in [2.75, 3.05) is 5.73 Å². The van der Waals surface area contributed by atoms with E-state index < -0.39 is 0 Å². The first-order chi connectivity index (χ1) is 9.65. The number of phenols is 1. The second kappa shape index (κ2) is 4.82. The Balaban J connectivity index is 2.20. The van der Waals surface area contributed by atoms with Crippen molar-refractivity contribution in [3.8, 4) is 28.5 Å². The molecule has 0 aliphatic carbocycles. The Morgan fingerprint density at radius 1 is 1.20 bits per heavy atom. The van der Waals surface area contributed by atoms with Gasteiger partial charge >= 0.3 is 0 Å². The lowest BCUT2D eigenvalue weighted by atomic mass is 10.1. The summed E-state index contributed by atoms with van der Waals surface area (Å²) in [5.74, 6) is 0.717. The van der Waals surface area contributed by atoms with E-state index in [1.165, 1.54) is 24.9 Å². The molecule has 0 aliphatic rings. The number of halogens is 1. The molecule has 0 saturated heterocycles. The summed E-state index contributed by atoms with van der Waals surface area (Å²) in [6.45, 7) is 0. The molecule has 2 aromatic heterocycles. The van der Waals surface area contributed by atoms with E-state index in [-0.39, 0.29) is 16.6 Å². The van der Waals surface area contributed by atoms with Gasteiger partial charge in [-0.2, -0.15) is 0 Å². The number of aromatic nitrogens is 3. The van der Waals surface area contributed by atoms with E-state index in [1.54, 1.807) is 12.1 Å². The fourth-order valence-electron chi connectivity index (χ4n) is 1.77. The largest absolute Gasteiger partial charge is 0.506 e. The molecule has 0 bridgehead atoms. The summed E-state index contributed by atoms with van der Waals surface area (Å²) in [5.41, 5.74) is 7.35. The number of nitrogens with two attached hydrogens (primary N) is 1. The van der Waals surface area contributed by atoms with Crippen LogP contribution < -0.4 is 5.73 Å². The van der Waals surface area contributed by atoms with Crippen LogP contribution in [0.15, 0.2) is 41.4 Å². The van der Waals surface area contributed by atoms with Crippen molar-refractivity contribution in [2.45, 2.75) is 0 Å². The van der Waals surface area contributed by atoms with Crippen LogP contribution in [0.3, 0.4) is 0 Å². The molecule has 0 radical (unpaired) electrons. The molecule has 0 spiro atoms. The Morgan fingerprint density at radius 2 is 2.05 bits per heavy atom. The van der Waals surface area contributed by atoms with Crippen molar-refractivity contribution < 1.29 is 9.52 Å². The number of phenolic OH excluding ortho intramolecular Hbond substituents is 1. The number of aromatic hydroxyl groups is 1. The molecule has 6 nitrogen and oxygen atoms in total. The van der Waals surface area contributed by atoms with Crippen LogP contribution in [-0.4, -0.2) is 20.1 Å². The number of benzene rings is 1. The molecule has 1 aromatic carbocycles. The molecule has 100 valence electrons. The van der Waals surface area contributed by atoms with Gasteiger partial charge in [0.25, 0.3) is 0 Å². The molecule has 3 N–H and O–H groups in total. The molecule has 2 heterocycles. The monoisotopic (exact) mass is 288 g/mol. The normalized spacial score (nSPS) is 10.7. The lowest BCUT2D eigenvalue weighted by molar-refractivity contribution is 0.475. The Kier molecular flexibility index (Phi) is 3.00. The highest BCUT2D eigenvalue weighted by Crippen LogP contribution is 2.33. The number of anilines is 1. The Morgan fingerprint density at radius 3 is 2.75 bits per heavy atom. The SMILES string of the molecule is Nc1cnc(-c2ccc(O)c(Cl)c2)c(-c2cnco2)n1. The molecular formula is C13H9ClN4O2. The van der Waals surface area contributed by atoms with Crippen LogP contribution in [0.1, 0.15) is 0 Å². The Hall–Kier alpha value is -2.60. The third-order valence-electron chi connectivity index (χ3n) is 2.68. The minimum Gasteiger partial charge on any atom is -0.506 e. The minimum atomic E-state index is 0.0000335. The maximum absolute atomic E-state index is 9.47. The second-order valence-corrected chi connectivity index (χ2v) is 4.43. The van der Waals surface area contributed by atoms with Gasteiger partial charge in [-0.1, -0.05) is 11.6 Å². The fraction of sp³-hybridized carbons (Fsp3) is 0. The summed E-state index contributed by atoms with van der Waals surface area (Å²) < 4.78 is 5.24. The zero-order valence-electron chi connectivity index (χ0n) is 10.1. The molecule has 0 saturated carbocycles. The molecule has 7 heteroatoms. The van der Waals surface area contributed by atoms with E-state index >= 15 is 0 Å². The van der Waals surface area contributed by atoms with Gasteiger partial charge in [0.05, 0.1) is 17.4 Å². The standard InChI is InChI=1S/C13H9ClN4O2/c14-8-3-7(1-2-9(8)19)12-13(10-4-16-6-20-10)18-11(15)5-17-12/h1-6,19H,(H2,15,18). The molecule has 20 heavy (non-hydrogen) atoms. The first-order valence-corrected chi connectivity index (χ1v) is 6.03. The number of nitrogen functional groups attached to an aromatic ring is 1. The quantitative estimate of drug-likeness (QED) is 0.752. The Bertz CT molecular complexity index is 759. The van der Waals surface area contributed by atoms with E-state index in [4.69, 9.17) is 21.8 Å². The van der Waals surface area contributed by atoms with E-state index in [9.17, 15) is 5.11 Å². The predicted molar refractivity (Wildman–Crippen MR) is 74.1 cm³/mol. The highest BCUT2D eigenvalue weighted by molar-refractivity contribution is 6.32. The third-order valence-corrected chi connectivity index (χ3v) is 2.98. The van der Waals surface area contributed by atoms with Gasteiger partial charge in [-0.3, -0.25) is 0 Å². The zero-order chi connectivity index (χ0) is 14.1.